The van der Waals surface area contributed by atoms with Gasteiger partial charge in [0.15, 0.2) is 16.3 Å². The van der Waals surface area contributed by atoms with Crippen molar-refractivity contribution in [3.8, 4) is 11.5 Å². The van der Waals surface area contributed by atoms with Crippen molar-refractivity contribution in [2.45, 2.75) is 40.3 Å². The number of esters is 1. The van der Waals surface area contributed by atoms with Crippen LogP contribution in [0.1, 0.15) is 49.1 Å². The van der Waals surface area contributed by atoms with Crippen LogP contribution in [0.15, 0.2) is 80.1 Å². The summed E-state index contributed by atoms with van der Waals surface area (Å²) in [5.74, 6) is 0.531. The Morgan fingerprint density at radius 2 is 1.75 bits per heavy atom. The molecule has 3 aromatic carbocycles. The van der Waals surface area contributed by atoms with Crippen molar-refractivity contribution in [1.29, 1.82) is 0 Å². The van der Waals surface area contributed by atoms with Gasteiger partial charge in [-0.15, -0.1) is 0 Å². The average Bonchev–Trinajstić information content (AvgIpc) is 3.28. The van der Waals surface area contributed by atoms with E-state index < -0.39 is 12.0 Å². The predicted octanol–water partition coefficient (Wildman–Crippen LogP) is 7.15. The molecule has 44 heavy (non-hydrogen) atoms. The number of rotatable bonds is 9. The zero-order chi connectivity index (χ0) is 31.5. The maximum absolute atomic E-state index is 14.0. The number of carbonyl (C=O) groups is 1. The zero-order valence-electron chi connectivity index (χ0n) is 24.4. The number of hydrogen-bond donors (Lipinski definition) is 0. The molecule has 0 saturated carbocycles. The van der Waals surface area contributed by atoms with Crippen molar-refractivity contribution in [1.82, 2.24) is 4.57 Å². The molecule has 5 rings (SSSR count). The summed E-state index contributed by atoms with van der Waals surface area (Å²) < 4.78 is 20.1. The van der Waals surface area contributed by atoms with Crippen LogP contribution >= 0.6 is 50.5 Å². The highest BCUT2D eigenvalue weighted by Crippen LogP contribution is 2.36. The van der Waals surface area contributed by atoms with E-state index >= 15 is 0 Å². The van der Waals surface area contributed by atoms with E-state index in [1.807, 2.05) is 50.2 Å². The van der Waals surface area contributed by atoms with E-state index in [-0.39, 0.29) is 18.8 Å². The molecule has 0 amide bonds. The van der Waals surface area contributed by atoms with Crippen molar-refractivity contribution < 1.29 is 19.0 Å². The quantitative estimate of drug-likeness (QED) is 0.172. The van der Waals surface area contributed by atoms with Crippen LogP contribution in [0.2, 0.25) is 10.0 Å². The first-order chi connectivity index (χ1) is 21.1. The second kappa shape index (κ2) is 13.7. The number of benzene rings is 3. The number of thiazole rings is 1. The molecule has 4 aromatic rings. The second-order valence-corrected chi connectivity index (χ2v) is 12.7. The molecule has 1 aliphatic rings. The van der Waals surface area contributed by atoms with Crippen LogP contribution in [0, 0.1) is 6.92 Å². The van der Waals surface area contributed by atoms with E-state index in [4.69, 9.17) is 37.4 Å². The third-order valence-corrected chi connectivity index (χ3v) is 9.21. The molecule has 0 N–H and O–H groups in total. The Bertz CT molecular complexity index is 1950. The topological polar surface area (TPSA) is 79.1 Å². The Balaban J connectivity index is 1.58. The highest BCUT2D eigenvalue weighted by Gasteiger charge is 2.33. The van der Waals surface area contributed by atoms with Gasteiger partial charge in [-0.3, -0.25) is 9.36 Å². The maximum Gasteiger partial charge on any atom is 0.338 e. The summed E-state index contributed by atoms with van der Waals surface area (Å²) >= 11 is 17.3. The van der Waals surface area contributed by atoms with Gasteiger partial charge in [0.1, 0.15) is 6.61 Å². The zero-order valence-corrected chi connectivity index (χ0v) is 28.4. The molecule has 0 unspecified atom stereocenters. The van der Waals surface area contributed by atoms with Crippen molar-refractivity contribution in [2.75, 3.05) is 13.2 Å². The lowest BCUT2D eigenvalue weighted by molar-refractivity contribution is -0.139. The van der Waals surface area contributed by atoms with Gasteiger partial charge in [0.25, 0.3) is 5.56 Å². The van der Waals surface area contributed by atoms with Gasteiger partial charge in [-0.2, -0.15) is 0 Å². The van der Waals surface area contributed by atoms with Crippen LogP contribution in [0.5, 0.6) is 11.5 Å². The van der Waals surface area contributed by atoms with Gasteiger partial charge < -0.3 is 14.2 Å². The summed E-state index contributed by atoms with van der Waals surface area (Å²) in [6.07, 6.45) is 1.78. The number of ether oxygens (including phenoxy) is 3. The standard InChI is InChI=1S/C33H29BrCl2N2O5S/c1-5-41-26-13-22(24(34)16-27(26)43-17-21-11-12-23(35)15-25(21)36)14-28-31(39)38-30(20-9-7-18(3)8-10-20)29(32(40)42-6-2)19(4)37-33(38)44-28/h7-16,30H,5-6,17H2,1-4H3/b28-14-/t30-/m1/s1. The van der Waals surface area contributed by atoms with Gasteiger partial charge in [-0.05, 0) is 69.2 Å². The molecule has 0 radical (unpaired) electrons. The van der Waals surface area contributed by atoms with Gasteiger partial charge in [0.05, 0.1) is 35.1 Å². The number of halogens is 3. The molecule has 1 atom stereocenters. The summed E-state index contributed by atoms with van der Waals surface area (Å²) in [5, 5.41) is 1.05. The largest absolute Gasteiger partial charge is 0.490 e. The summed E-state index contributed by atoms with van der Waals surface area (Å²) in [6.45, 7) is 8.22. The van der Waals surface area contributed by atoms with Gasteiger partial charge in [-0.1, -0.05) is 86.4 Å². The smallest absolute Gasteiger partial charge is 0.338 e. The van der Waals surface area contributed by atoms with Crippen LogP contribution < -0.4 is 24.4 Å². The lowest BCUT2D eigenvalue weighted by Gasteiger charge is -2.24. The highest BCUT2D eigenvalue weighted by molar-refractivity contribution is 9.10. The lowest BCUT2D eigenvalue weighted by atomic mass is 9.95. The summed E-state index contributed by atoms with van der Waals surface area (Å²) in [4.78, 5) is 32.3. The van der Waals surface area contributed by atoms with Crippen LogP contribution in [-0.2, 0) is 16.1 Å². The molecule has 11 heteroatoms. The Morgan fingerprint density at radius 1 is 1.02 bits per heavy atom. The van der Waals surface area contributed by atoms with Crippen molar-refractivity contribution >= 4 is 62.5 Å². The van der Waals surface area contributed by atoms with Crippen LogP contribution in [0.25, 0.3) is 6.08 Å². The first-order valence-corrected chi connectivity index (χ1v) is 16.3. The summed E-state index contributed by atoms with van der Waals surface area (Å²) in [7, 11) is 0. The number of nitrogens with zero attached hydrogens (tertiary/aromatic N) is 2. The molecule has 7 nitrogen and oxygen atoms in total. The van der Waals surface area contributed by atoms with Gasteiger partial charge >= 0.3 is 5.97 Å². The van der Waals surface area contributed by atoms with Gasteiger partial charge in [-0.25, -0.2) is 9.79 Å². The fourth-order valence-electron chi connectivity index (χ4n) is 4.83. The minimum Gasteiger partial charge on any atom is -0.490 e. The first-order valence-electron chi connectivity index (χ1n) is 13.9. The SMILES string of the molecule is CCOC(=O)C1=C(C)N=c2s/c(=C\c3cc(OCC)c(OCc4ccc(Cl)cc4Cl)cc3Br)c(=O)n2[C@@H]1c1ccc(C)cc1. The van der Waals surface area contributed by atoms with Crippen LogP contribution in [0.4, 0.5) is 0 Å². The average molecular weight is 716 g/mol. The van der Waals surface area contributed by atoms with Crippen LogP contribution in [-0.4, -0.2) is 23.8 Å². The van der Waals surface area contributed by atoms with E-state index in [1.54, 1.807) is 42.7 Å². The number of allylic oxidation sites excluding steroid dienone is 1. The molecular weight excluding hydrogens is 687 g/mol. The highest BCUT2D eigenvalue weighted by atomic mass is 79.9. The maximum atomic E-state index is 14.0. The van der Waals surface area contributed by atoms with E-state index in [9.17, 15) is 9.59 Å². The number of aryl methyl sites for hydroxylation is 1. The lowest BCUT2D eigenvalue weighted by Crippen LogP contribution is -2.39. The Labute approximate surface area is 277 Å². The van der Waals surface area contributed by atoms with Crippen LogP contribution in [0.3, 0.4) is 0 Å². The first kappa shape index (κ1) is 32.0. The number of fused-ring (bicyclic) bond motifs is 1. The number of hydrogen-bond acceptors (Lipinski definition) is 7. The third kappa shape index (κ3) is 6.66. The summed E-state index contributed by atoms with van der Waals surface area (Å²) in [5.41, 5.74) is 3.95. The Hall–Kier alpha value is -3.37. The molecule has 0 saturated heterocycles. The minimum atomic E-state index is -0.675. The predicted molar refractivity (Wildman–Crippen MR) is 178 cm³/mol. The van der Waals surface area contributed by atoms with E-state index in [0.717, 1.165) is 16.7 Å². The molecule has 2 heterocycles. The Morgan fingerprint density at radius 3 is 2.43 bits per heavy atom. The normalized spacial score (nSPS) is 14.7. The summed E-state index contributed by atoms with van der Waals surface area (Å²) in [6, 6.07) is 15.9. The monoisotopic (exact) mass is 714 g/mol. The molecule has 0 fully saturated rings. The molecule has 1 aliphatic heterocycles. The molecule has 0 spiro atoms. The third-order valence-electron chi connectivity index (χ3n) is 6.96. The molecule has 228 valence electrons. The minimum absolute atomic E-state index is 0.210. The molecular formula is C33H29BrCl2N2O5S. The molecule has 0 aliphatic carbocycles. The van der Waals surface area contributed by atoms with Crippen molar-refractivity contribution in [3.05, 3.63) is 122 Å². The fourth-order valence-corrected chi connectivity index (χ4v) is 6.77. The number of aromatic nitrogens is 1. The van der Waals surface area contributed by atoms with Crippen molar-refractivity contribution in [2.24, 2.45) is 4.99 Å². The fraction of sp³-hybridized carbons (Fsp3) is 0.242. The van der Waals surface area contributed by atoms with E-state index in [2.05, 4.69) is 20.9 Å². The van der Waals surface area contributed by atoms with E-state index in [1.165, 1.54) is 11.3 Å². The molecule has 1 aromatic heterocycles. The number of carbonyl (C=O) groups excluding carboxylic acids is 1. The van der Waals surface area contributed by atoms with Gasteiger partial charge in [0.2, 0.25) is 0 Å². The Kier molecular flexibility index (Phi) is 10.00. The van der Waals surface area contributed by atoms with E-state index in [0.29, 0.717) is 58.8 Å². The van der Waals surface area contributed by atoms with Crippen molar-refractivity contribution in [3.63, 3.8) is 0 Å². The second-order valence-electron chi connectivity index (χ2n) is 9.99. The molecule has 0 bridgehead atoms. The van der Waals surface area contributed by atoms with Gasteiger partial charge in [0, 0.05) is 20.1 Å².